The molecule has 3 saturated heterocycles. The van der Waals surface area contributed by atoms with Crippen molar-refractivity contribution in [2.45, 2.75) is 50.6 Å². The molecule has 3 heterocycles. The number of imide groups is 1. The molecular formula is C24H31F3N4O4. The summed E-state index contributed by atoms with van der Waals surface area (Å²) in [4.78, 5) is 43.3. The molecule has 0 unspecified atom stereocenters. The van der Waals surface area contributed by atoms with Gasteiger partial charge in [0.15, 0.2) is 17.5 Å². The zero-order chi connectivity index (χ0) is 25.1. The van der Waals surface area contributed by atoms with E-state index >= 15 is 0 Å². The lowest BCUT2D eigenvalue weighted by atomic mass is 9.83. The van der Waals surface area contributed by atoms with Crippen LogP contribution in [0.1, 0.15) is 38.5 Å². The van der Waals surface area contributed by atoms with Gasteiger partial charge in [-0.15, -0.1) is 0 Å². The number of amides is 4. The van der Waals surface area contributed by atoms with Crippen LogP contribution < -0.4 is 10.2 Å². The van der Waals surface area contributed by atoms with Crippen LogP contribution in [-0.4, -0.2) is 79.6 Å². The summed E-state index contributed by atoms with van der Waals surface area (Å²) < 4.78 is 45.8. The van der Waals surface area contributed by atoms with E-state index in [9.17, 15) is 27.6 Å². The van der Waals surface area contributed by atoms with E-state index in [0.717, 1.165) is 32.4 Å². The molecule has 1 aromatic rings. The number of nitrogens with zero attached hydrogens (tertiary/aromatic N) is 3. The van der Waals surface area contributed by atoms with Crippen LogP contribution >= 0.6 is 0 Å². The number of carbonyl (C=O) groups is 3. The van der Waals surface area contributed by atoms with Crippen LogP contribution in [0.5, 0.6) is 0 Å². The van der Waals surface area contributed by atoms with Gasteiger partial charge in [0.05, 0.1) is 18.7 Å². The summed E-state index contributed by atoms with van der Waals surface area (Å²) >= 11 is 0. The topological polar surface area (TPSA) is 82.2 Å². The highest BCUT2D eigenvalue weighted by Gasteiger charge is 2.42. The molecule has 3 fully saturated rings. The summed E-state index contributed by atoms with van der Waals surface area (Å²) in [6.45, 7) is 3.38. The Morgan fingerprint density at radius 3 is 2.54 bits per heavy atom. The molecule has 3 aliphatic rings. The highest BCUT2D eigenvalue weighted by atomic mass is 19.2. The number of piperidine rings is 2. The lowest BCUT2D eigenvalue weighted by molar-refractivity contribution is -0.135. The molecule has 0 saturated carbocycles. The number of ether oxygens (including phenoxy) is 1. The predicted molar refractivity (Wildman–Crippen MR) is 121 cm³/mol. The maximum atomic E-state index is 13.7. The zero-order valence-electron chi connectivity index (χ0n) is 19.8. The van der Waals surface area contributed by atoms with Gasteiger partial charge in [-0.05, 0) is 44.7 Å². The third-order valence-corrected chi connectivity index (χ3v) is 7.23. The summed E-state index contributed by atoms with van der Waals surface area (Å²) in [5.74, 6) is -5.55. The van der Waals surface area contributed by atoms with Crippen molar-refractivity contribution in [1.82, 2.24) is 15.1 Å². The zero-order valence-corrected chi connectivity index (χ0v) is 19.8. The molecule has 4 amide bonds. The molecule has 11 heteroatoms. The first-order valence-corrected chi connectivity index (χ1v) is 12.1. The minimum Gasteiger partial charge on any atom is -0.383 e. The van der Waals surface area contributed by atoms with E-state index in [-0.39, 0.29) is 12.3 Å². The molecule has 3 aliphatic heterocycles. The van der Waals surface area contributed by atoms with E-state index < -0.39 is 41.1 Å². The van der Waals surface area contributed by atoms with Gasteiger partial charge in [-0.2, -0.15) is 0 Å². The van der Waals surface area contributed by atoms with Crippen LogP contribution in [0.3, 0.4) is 0 Å². The standard InChI is InChI=1S/C24H31F3N4O4/c1-35-10-9-30(14-15-5-4-8-29-7-3-2-6-20(15)29)21(32)13-19-23(33)31(24(34)28-19)16-11-17(25)22(27)18(26)12-16/h11-12,15,19-20H,2-10,13-14H2,1H3,(H,28,34)/t15-,19-,20-/m0/s1. The van der Waals surface area contributed by atoms with Gasteiger partial charge < -0.3 is 19.9 Å². The molecule has 8 nitrogen and oxygen atoms in total. The van der Waals surface area contributed by atoms with E-state index in [1.54, 1.807) is 12.0 Å². The number of methoxy groups -OCH3 is 1. The lowest BCUT2D eigenvalue weighted by Crippen LogP contribution is -2.52. The van der Waals surface area contributed by atoms with Crippen LogP contribution in [0.2, 0.25) is 0 Å². The van der Waals surface area contributed by atoms with Crippen LogP contribution in [0.15, 0.2) is 12.1 Å². The lowest BCUT2D eigenvalue weighted by Gasteiger charge is -2.45. The smallest absolute Gasteiger partial charge is 0.329 e. The monoisotopic (exact) mass is 496 g/mol. The van der Waals surface area contributed by atoms with Crippen molar-refractivity contribution in [3.63, 3.8) is 0 Å². The second-order valence-corrected chi connectivity index (χ2v) is 9.44. The third kappa shape index (κ3) is 5.45. The van der Waals surface area contributed by atoms with E-state index in [2.05, 4.69) is 10.2 Å². The molecule has 0 bridgehead atoms. The van der Waals surface area contributed by atoms with Crippen molar-refractivity contribution in [2.75, 3.05) is 44.8 Å². The molecule has 0 aromatic heterocycles. The fraction of sp³-hybridized carbons (Fsp3) is 0.625. The Balaban J connectivity index is 1.45. The summed E-state index contributed by atoms with van der Waals surface area (Å²) in [6, 6.07) is -0.531. The summed E-state index contributed by atoms with van der Waals surface area (Å²) in [7, 11) is 1.55. The predicted octanol–water partition coefficient (Wildman–Crippen LogP) is 2.66. The molecule has 192 valence electrons. The number of rotatable bonds is 8. The Morgan fingerprint density at radius 1 is 1.11 bits per heavy atom. The highest BCUT2D eigenvalue weighted by Crippen LogP contribution is 2.32. The molecule has 4 rings (SSSR count). The Morgan fingerprint density at radius 2 is 1.83 bits per heavy atom. The van der Waals surface area contributed by atoms with Crippen LogP contribution in [-0.2, 0) is 14.3 Å². The number of carbonyl (C=O) groups excluding carboxylic acids is 3. The van der Waals surface area contributed by atoms with E-state index in [1.807, 2.05) is 0 Å². The van der Waals surface area contributed by atoms with Gasteiger partial charge in [0.2, 0.25) is 5.91 Å². The van der Waals surface area contributed by atoms with Gasteiger partial charge in [0.1, 0.15) is 6.04 Å². The third-order valence-electron chi connectivity index (χ3n) is 7.23. The molecule has 1 N–H and O–H groups in total. The molecule has 1 aromatic carbocycles. The maximum Gasteiger partial charge on any atom is 0.329 e. The molecular weight excluding hydrogens is 465 g/mol. The summed E-state index contributed by atoms with van der Waals surface area (Å²) in [6.07, 6.45) is 5.27. The summed E-state index contributed by atoms with van der Waals surface area (Å²) in [5, 5.41) is 2.41. The first-order chi connectivity index (χ1) is 16.8. The van der Waals surface area contributed by atoms with Crippen molar-refractivity contribution in [3.05, 3.63) is 29.6 Å². The van der Waals surface area contributed by atoms with Crippen LogP contribution in [0.25, 0.3) is 0 Å². The fourth-order valence-electron chi connectivity index (χ4n) is 5.48. The molecule has 0 aliphatic carbocycles. The molecule has 35 heavy (non-hydrogen) atoms. The molecule has 0 spiro atoms. The Labute approximate surface area is 202 Å². The number of anilines is 1. The SMILES string of the molecule is COCCN(C[C@@H]1CCCN2CCCC[C@@H]12)C(=O)C[C@@H]1NC(=O)N(c2cc(F)c(F)c(F)c2)C1=O. The van der Waals surface area contributed by atoms with Gasteiger partial charge in [-0.3, -0.25) is 9.59 Å². The van der Waals surface area contributed by atoms with E-state index in [4.69, 9.17) is 4.74 Å². The number of nitrogens with one attached hydrogen (secondary N) is 1. The van der Waals surface area contributed by atoms with Gasteiger partial charge in [0.25, 0.3) is 5.91 Å². The first-order valence-electron chi connectivity index (χ1n) is 12.1. The van der Waals surface area contributed by atoms with Gasteiger partial charge in [0, 0.05) is 38.4 Å². The number of benzene rings is 1. The average molecular weight is 497 g/mol. The van der Waals surface area contributed by atoms with Crippen LogP contribution in [0, 0.1) is 23.4 Å². The van der Waals surface area contributed by atoms with Crippen molar-refractivity contribution in [2.24, 2.45) is 5.92 Å². The van der Waals surface area contributed by atoms with E-state index in [1.165, 1.54) is 12.8 Å². The number of fused-ring (bicyclic) bond motifs is 1. The Hall–Kier alpha value is -2.66. The minimum absolute atomic E-state index is 0.294. The average Bonchev–Trinajstić information content (AvgIpc) is 3.12. The van der Waals surface area contributed by atoms with Gasteiger partial charge in [-0.1, -0.05) is 6.42 Å². The highest BCUT2D eigenvalue weighted by molar-refractivity contribution is 6.22. The second-order valence-electron chi connectivity index (χ2n) is 9.44. The van der Waals surface area contributed by atoms with Crippen molar-refractivity contribution in [1.29, 1.82) is 0 Å². The van der Waals surface area contributed by atoms with E-state index in [0.29, 0.717) is 48.7 Å². The maximum absolute atomic E-state index is 13.7. The number of halogens is 3. The Bertz CT molecular complexity index is 953. The van der Waals surface area contributed by atoms with Gasteiger partial charge >= 0.3 is 6.03 Å². The van der Waals surface area contributed by atoms with Gasteiger partial charge in [-0.25, -0.2) is 22.9 Å². The van der Waals surface area contributed by atoms with Crippen molar-refractivity contribution < 1.29 is 32.3 Å². The first kappa shape index (κ1) is 25.4. The minimum atomic E-state index is -1.69. The normalized spacial score (nSPS) is 24.9. The van der Waals surface area contributed by atoms with Crippen LogP contribution in [0.4, 0.5) is 23.7 Å². The molecule has 3 atom stereocenters. The number of hydrogen-bond acceptors (Lipinski definition) is 5. The molecule has 0 radical (unpaired) electrons. The van der Waals surface area contributed by atoms with Crippen molar-refractivity contribution in [3.8, 4) is 0 Å². The second kappa shape index (κ2) is 10.9. The quantitative estimate of drug-likeness (QED) is 0.442. The fourth-order valence-corrected chi connectivity index (χ4v) is 5.48. The summed E-state index contributed by atoms with van der Waals surface area (Å²) in [5.41, 5.74) is -0.435. The van der Waals surface area contributed by atoms with Crippen molar-refractivity contribution >= 4 is 23.5 Å². The largest absolute Gasteiger partial charge is 0.383 e. The number of urea groups is 1. The Kier molecular flexibility index (Phi) is 7.95. The number of hydrogen-bond donors (Lipinski definition) is 1.